The van der Waals surface area contributed by atoms with Gasteiger partial charge in [-0.25, -0.2) is 0 Å². The standard InChI is InChI=1S/C12H19NO3/c1-12(13,8-15)9-16-11-5-3-2-4-10(11)6-7-14/h2-5,14-15H,6-9,13H2,1H3. The molecule has 16 heavy (non-hydrogen) atoms. The maximum absolute atomic E-state index is 9.00. The third-order valence-corrected chi connectivity index (χ3v) is 2.27. The lowest BCUT2D eigenvalue weighted by atomic mass is 10.1. The minimum absolute atomic E-state index is 0.0836. The highest BCUT2D eigenvalue weighted by Gasteiger charge is 2.18. The molecule has 0 amide bonds. The molecule has 1 aromatic rings. The second-order valence-electron chi connectivity index (χ2n) is 4.18. The summed E-state index contributed by atoms with van der Waals surface area (Å²) in [6.45, 7) is 1.92. The summed E-state index contributed by atoms with van der Waals surface area (Å²) in [7, 11) is 0. The van der Waals surface area contributed by atoms with Crippen molar-refractivity contribution in [2.75, 3.05) is 19.8 Å². The molecule has 0 saturated heterocycles. The first-order valence-electron chi connectivity index (χ1n) is 5.30. The summed E-state index contributed by atoms with van der Waals surface area (Å²) in [6, 6.07) is 7.49. The van der Waals surface area contributed by atoms with E-state index in [1.807, 2.05) is 24.3 Å². The van der Waals surface area contributed by atoms with Gasteiger partial charge in [0.15, 0.2) is 0 Å². The molecular weight excluding hydrogens is 206 g/mol. The third-order valence-electron chi connectivity index (χ3n) is 2.27. The maximum atomic E-state index is 9.00. The van der Waals surface area contributed by atoms with E-state index in [-0.39, 0.29) is 19.8 Å². The van der Waals surface area contributed by atoms with Gasteiger partial charge in [0.05, 0.1) is 12.1 Å². The van der Waals surface area contributed by atoms with E-state index < -0.39 is 5.54 Å². The zero-order chi connectivity index (χ0) is 12.0. The summed E-state index contributed by atoms with van der Waals surface area (Å²) in [6.07, 6.45) is 0.552. The molecule has 0 aliphatic heterocycles. The fraction of sp³-hybridized carbons (Fsp3) is 0.500. The number of hydrogen-bond donors (Lipinski definition) is 3. The minimum atomic E-state index is -0.744. The van der Waals surface area contributed by atoms with Crippen LogP contribution in [-0.2, 0) is 6.42 Å². The average Bonchev–Trinajstić information content (AvgIpc) is 2.28. The van der Waals surface area contributed by atoms with Crippen molar-refractivity contribution < 1.29 is 14.9 Å². The molecule has 0 bridgehead atoms. The van der Waals surface area contributed by atoms with Crippen LogP contribution < -0.4 is 10.5 Å². The molecule has 0 saturated carbocycles. The molecule has 0 aliphatic rings. The Morgan fingerprint density at radius 1 is 1.31 bits per heavy atom. The van der Waals surface area contributed by atoms with Gasteiger partial charge >= 0.3 is 0 Å². The molecule has 0 aliphatic carbocycles. The Morgan fingerprint density at radius 2 is 2.00 bits per heavy atom. The van der Waals surface area contributed by atoms with Crippen LogP contribution in [0, 0.1) is 0 Å². The summed E-state index contributed by atoms with van der Waals surface area (Å²) >= 11 is 0. The van der Waals surface area contributed by atoms with Crippen LogP contribution in [0.5, 0.6) is 5.75 Å². The van der Waals surface area contributed by atoms with Crippen LogP contribution in [0.1, 0.15) is 12.5 Å². The normalized spacial score (nSPS) is 14.5. The molecule has 0 spiro atoms. The first-order chi connectivity index (χ1) is 7.59. The quantitative estimate of drug-likeness (QED) is 0.651. The van der Waals surface area contributed by atoms with E-state index in [0.29, 0.717) is 12.2 Å². The van der Waals surface area contributed by atoms with Crippen molar-refractivity contribution in [3.05, 3.63) is 29.8 Å². The SMILES string of the molecule is CC(N)(CO)COc1ccccc1CCO. The molecule has 4 N–H and O–H groups in total. The maximum Gasteiger partial charge on any atom is 0.122 e. The van der Waals surface area contributed by atoms with Gasteiger partial charge in [0.2, 0.25) is 0 Å². The molecule has 0 aromatic heterocycles. The van der Waals surface area contributed by atoms with Crippen LogP contribution >= 0.6 is 0 Å². The molecule has 90 valence electrons. The highest BCUT2D eigenvalue weighted by molar-refractivity contribution is 5.33. The summed E-state index contributed by atoms with van der Waals surface area (Å²) in [5.41, 5.74) is 5.96. The fourth-order valence-corrected chi connectivity index (χ4v) is 1.26. The van der Waals surface area contributed by atoms with Gasteiger partial charge in [0, 0.05) is 6.61 Å². The van der Waals surface area contributed by atoms with E-state index in [9.17, 15) is 0 Å². The Labute approximate surface area is 95.7 Å². The molecule has 0 radical (unpaired) electrons. The molecule has 1 unspecified atom stereocenters. The van der Waals surface area contributed by atoms with Gasteiger partial charge < -0.3 is 20.7 Å². The van der Waals surface area contributed by atoms with Gasteiger partial charge in [-0.2, -0.15) is 0 Å². The van der Waals surface area contributed by atoms with E-state index >= 15 is 0 Å². The fourth-order valence-electron chi connectivity index (χ4n) is 1.26. The van der Waals surface area contributed by atoms with Crippen molar-refractivity contribution >= 4 is 0 Å². The predicted octanol–water partition coefficient (Wildman–Crippen LogP) is 0.310. The van der Waals surface area contributed by atoms with E-state index in [2.05, 4.69) is 0 Å². The Hall–Kier alpha value is -1.10. The van der Waals surface area contributed by atoms with Crippen LogP contribution in [0.3, 0.4) is 0 Å². The highest BCUT2D eigenvalue weighted by atomic mass is 16.5. The van der Waals surface area contributed by atoms with Crippen molar-refractivity contribution in [3.63, 3.8) is 0 Å². The number of para-hydroxylation sites is 1. The Balaban J connectivity index is 2.66. The van der Waals surface area contributed by atoms with Crippen molar-refractivity contribution in [2.45, 2.75) is 18.9 Å². The zero-order valence-corrected chi connectivity index (χ0v) is 9.52. The Bertz CT molecular complexity index is 326. The second kappa shape index (κ2) is 5.84. The minimum Gasteiger partial charge on any atom is -0.491 e. The van der Waals surface area contributed by atoms with Crippen LogP contribution in [0.4, 0.5) is 0 Å². The molecule has 1 aromatic carbocycles. The van der Waals surface area contributed by atoms with Gasteiger partial charge in [-0.15, -0.1) is 0 Å². The molecule has 4 heteroatoms. The van der Waals surface area contributed by atoms with E-state index in [4.69, 9.17) is 20.7 Å². The summed E-state index contributed by atoms with van der Waals surface area (Å²) < 4.78 is 5.55. The summed E-state index contributed by atoms with van der Waals surface area (Å²) in [5.74, 6) is 0.710. The van der Waals surface area contributed by atoms with Gasteiger partial charge in [0.1, 0.15) is 12.4 Å². The number of aliphatic hydroxyl groups is 2. The average molecular weight is 225 g/mol. The molecule has 4 nitrogen and oxygen atoms in total. The Kier molecular flexibility index (Phi) is 4.73. The van der Waals surface area contributed by atoms with E-state index in [1.54, 1.807) is 6.92 Å². The Morgan fingerprint density at radius 3 is 2.62 bits per heavy atom. The van der Waals surface area contributed by atoms with Crippen molar-refractivity contribution in [3.8, 4) is 5.75 Å². The van der Waals surface area contributed by atoms with Crippen LogP contribution in [0.2, 0.25) is 0 Å². The number of hydrogen-bond acceptors (Lipinski definition) is 4. The van der Waals surface area contributed by atoms with Gasteiger partial charge in [-0.1, -0.05) is 18.2 Å². The van der Waals surface area contributed by atoms with Gasteiger partial charge in [-0.3, -0.25) is 0 Å². The molecule has 0 heterocycles. The van der Waals surface area contributed by atoms with Crippen LogP contribution in [0.25, 0.3) is 0 Å². The largest absolute Gasteiger partial charge is 0.491 e. The third kappa shape index (κ3) is 3.81. The predicted molar refractivity (Wildman–Crippen MR) is 62.4 cm³/mol. The lowest BCUT2D eigenvalue weighted by Crippen LogP contribution is -2.46. The van der Waals surface area contributed by atoms with Crippen molar-refractivity contribution in [2.24, 2.45) is 5.73 Å². The van der Waals surface area contributed by atoms with Gasteiger partial charge in [0.25, 0.3) is 0 Å². The van der Waals surface area contributed by atoms with Crippen molar-refractivity contribution in [1.82, 2.24) is 0 Å². The molecule has 0 fully saturated rings. The van der Waals surface area contributed by atoms with E-state index in [0.717, 1.165) is 5.56 Å². The van der Waals surface area contributed by atoms with Crippen LogP contribution in [-0.4, -0.2) is 35.6 Å². The summed E-state index contributed by atoms with van der Waals surface area (Å²) in [4.78, 5) is 0. The monoisotopic (exact) mass is 225 g/mol. The molecule has 1 rings (SSSR count). The number of aliphatic hydroxyl groups excluding tert-OH is 2. The smallest absolute Gasteiger partial charge is 0.122 e. The second-order valence-corrected chi connectivity index (χ2v) is 4.18. The number of ether oxygens (including phenoxy) is 1. The summed E-state index contributed by atoms with van der Waals surface area (Å²) in [5, 5.41) is 17.9. The first-order valence-corrected chi connectivity index (χ1v) is 5.30. The van der Waals surface area contributed by atoms with Gasteiger partial charge in [-0.05, 0) is 25.0 Å². The number of benzene rings is 1. The molecule has 1 atom stereocenters. The lowest BCUT2D eigenvalue weighted by Gasteiger charge is -2.22. The molecular formula is C12H19NO3. The lowest BCUT2D eigenvalue weighted by molar-refractivity contribution is 0.145. The van der Waals surface area contributed by atoms with Crippen molar-refractivity contribution in [1.29, 1.82) is 0 Å². The first kappa shape index (κ1) is 13.0. The topological polar surface area (TPSA) is 75.7 Å². The number of nitrogens with two attached hydrogens (primary N) is 1. The highest BCUT2D eigenvalue weighted by Crippen LogP contribution is 2.19. The van der Waals surface area contributed by atoms with Crippen LogP contribution in [0.15, 0.2) is 24.3 Å². The zero-order valence-electron chi connectivity index (χ0n) is 9.52. The number of rotatable bonds is 6. The van der Waals surface area contributed by atoms with E-state index in [1.165, 1.54) is 0 Å².